The van der Waals surface area contributed by atoms with Crippen LogP contribution in [0.3, 0.4) is 0 Å². The summed E-state index contributed by atoms with van der Waals surface area (Å²) in [5, 5.41) is 9.07. The minimum atomic E-state index is 0.123. The minimum Gasteiger partial charge on any atom is -0.392 e. The second-order valence-electron chi connectivity index (χ2n) is 4.24. The van der Waals surface area contributed by atoms with Crippen LogP contribution < -0.4 is 0 Å². The summed E-state index contributed by atoms with van der Waals surface area (Å²) in [5.41, 5.74) is 2.39. The number of thioether (sulfide) groups is 1. The number of benzene rings is 2. The Hall–Kier alpha value is -1.25. The van der Waals surface area contributed by atoms with Gasteiger partial charge in [0.2, 0.25) is 0 Å². The Morgan fingerprint density at radius 3 is 2.44 bits per heavy atom. The normalized spacial score (nSPS) is 10.5. The first-order valence-corrected chi connectivity index (χ1v) is 7.23. The summed E-state index contributed by atoms with van der Waals surface area (Å²) >= 11 is 1.86. The molecule has 2 aromatic carbocycles. The topological polar surface area (TPSA) is 20.2 Å². The molecule has 18 heavy (non-hydrogen) atoms. The summed E-state index contributed by atoms with van der Waals surface area (Å²) in [4.78, 5) is 1.25. The molecule has 0 saturated heterocycles. The molecular formula is C16H18OS. The molecule has 0 saturated carbocycles. The van der Waals surface area contributed by atoms with Crippen LogP contribution in [-0.4, -0.2) is 10.9 Å². The molecule has 0 fully saturated rings. The summed E-state index contributed by atoms with van der Waals surface area (Å²) in [6.07, 6.45) is 2.31. The highest BCUT2D eigenvalue weighted by atomic mass is 32.2. The molecule has 2 rings (SSSR count). The lowest BCUT2D eigenvalue weighted by molar-refractivity contribution is 0.281. The number of rotatable bonds is 6. The molecule has 0 aliphatic rings. The van der Waals surface area contributed by atoms with Crippen molar-refractivity contribution in [3.05, 3.63) is 65.7 Å². The number of aryl methyl sites for hydroxylation is 1. The van der Waals surface area contributed by atoms with E-state index in [2.05, 4.69) is 42.5 Å². The van der Waals surface area contributed by atoms with Crippen molar-refractivity contribution in [2.45, 2.75) is 24.3 Å². The van der Waals surface area contributed by atoms with E-state index in [4.69, 9.17) is 5.11 Å². The molecule has 0 aromatic heterocycles. The second kappa shape index (κ2) is 7.24. The van der Waals surface area contributed by atoms with Crippen molar-refractivity contribution in [3.8, 4) is 0 Å². The van der Waals surface area contributed by atoms with Crippen molar-refractivity contribution in [2.75, 3.05) is 5.75 Å². The first kappa shape index (κ1) is 13.2. The third-order valence-corrected chi connectivity index (χ3v) is 3.88. The maximum atomic E-state index is 9.07. The van der Waals surface area contributed by atoms with E-state index >= 15 is 0 Å². The van der Waals surface area contributed by atoms with Crippen LogP contribution in [0, 0.1) is 0 Å². The molecule has 0 radical (unpaired) electrons. The molecule has 0 spiro atoms. The monoisotopic (exact) mass is 258 g/mol. The van der Waals surface area contributed by atoms with Gasteiger partial charge in [0.15, 0.2) is 0 Å². The van der Waals surface area contributed by atoms with E-state index in [0.717, 1.165) is 17.7 Å². The van der Waals surface area contributed by atoms with Gasteiger partial charge in [-0.3, -0.25) is 0 Å². The maximum Gasteiger partial charge on any atom is 0.0682 e. The molecule has 0 aliphatic heterocycles. The molecule has 0 bridgehead atoms. The molecule has 0 unspecified atom stereocenters. The zero-order valence-electron chi connectivity index (χ0n) is 10.4. The van der Waals surface area contributed by atoms with E-state index in [1.54, 1.807) is 0 Å². The standard InChI is InChI=1S/C16H18OS/c17-13-15-8-4-10-16(12-15)18-11-5-9-14-6-2-1-3-7-14/h1-4,6-8,10,12,17H,5,9,11,13H2. The molecule has 0 atom stereocenters. The Kier molecular flexibility index (Phi) is 5.31. The van der Waals surface area contributed by atoms with Gasteiger partial charge in [0.25, 0.3) is 0 Å². The summed E-state index contributed by atoms with van der Waals surface area (Å²) in [6, 6.07) is 18.7. The van der Waals surface area contributed by atoms with Gasteiger partial charge in [-0.15, -0.1) is 11.8 Å². The molecule has 0 aliphatic carbocycles. The van der Waals surface area contributed by atoms with Crippen LogP contribution in [0.1, 0.15) is 17.5 Å². The average molecular weight is 258 g/mol. The fraction of sp³-hybridized carbons (Fsp3) is 0.250. The highest BCUT2D eigenvalue weighted by Gasteiger charge is 1.97. The largest absolute Gasteiger partial charge is 0.392 e. The Morgan fingerprint density at radius 1 is 0.889 bits per heavy atom. The first-order chi connectivity index (χ1) is 8.88. The lowest BCUT2D eigenvalue weighted by Gasteiger charge is -2.04. The average Bonchev–Trinajstić information content (AvgIpc) is 2.45. The van der Waals surface area contributed by atoms with Crippen LogP contribution in [-0.2, 0) is 13.0 Å². The van der Waals surface area contributed by atoms with Crippen LogP contribution in [0.5, 0.6) is 0 Å². The number of hydrogen-bond acceptors (Lipinski definition) is 2. The van der Waals surface area contributed by atoms with E-state index in [-0.39, 0.29) is 6.61 Å². The van der Waals surface area contributed by atoms with Crippen LogP contribution >= 0.6 is 11.8 Å². The summed E-state index contributed by atoms with van der Waals surface area (Å²) in [5.74, 6) is 1.11. The SMILES string of the molecule is OCc1cccc(SCCCc2ccccc2)c1. The van der Waals surface area contributed by atoms with Crippen LogP contribution in [0.4, 0.5) is 0 Å². The van der Waals surface area contributed by atoms with Crippen molar-refractivity contribution in [1.29, 1.82) is 0 Å². The van der Waals surface area contributed by atoms with Gasteiger partial charge in [0.1, 0.15) is 0 Å². The Balaban J connectivity index is 1.75. The summed E-state index contributed by atoms with van der Waals surface area (Å²) in [7, 11) is 0. The maximum absolute atomic E-state index is 9.07. The van der Waals surface area contributed by atoms with Gasteiger partial charge in [-0.05, 0) is 41.9 Å². The zero-order chi connectivity index (χ0) is 12.6. The van der Waals surface area contributed by atoms with Crippen molar-refractivity contribution in [1.82, 2.24) is 0 Å². The third-order valence-electron chi connectivity index (χ3n) is 2.80. The minimum absolute atomic E-state index is 0.123. The lowest BCUT2D eigenvalue weighted by atomic mass is 10.1. The van der Waals surface area contributed by atoms with Gasteiger partial charge in [0, 0.05) is 4.90 Å². The Labute approximate surface area is 113 Å². The summed E-state index contributed by atoms with van der Waals surface area (Å²) in [6.45, 7) is 0.123. The van der Waals surface area contributed by atoms with Gasteiger partial charge in [-0.2, -0.15) is 0 Å². The van der Waals surface area contributed by atoms with E-state index in [1.807, 2.05) is 23.9 Å². The molecule has 0 heterocycles. The second-order valence-corrected chi connectivity index (χ2v) is 5.41. The Morgan fingerprint density at radius 2 is 1.67 bits per heavy atom. The predicted octanol–water partition coefficient (Wildman–Crippen LogP) is 3.90. The van der Waals surface area contributed by atoms with Crippen molar-refractivity contribution >= 4 is 11.8 Å². The highest BCUT2D eigenvalue weighted by Crippen LogP contribution is 2.20. The number of hydrogen-bond donors (Lipinski definition) is 1. The smallest absolute Gasteiger partial charge is 0.0682 e. The molecule has 2 heteroatoms. The van der Waals surface area contributed by atoms with Crippen LogP contribution in [0.15, 0.2) is 59.5 Å². The third kappa shape index (κ3) is 4.21. The quantitative estimate of drug-likeness (QED) is 0.626. The predicted molar refractivity (Wildman–Crippen MR) is 77.9 cm³/mol. The van der Waals surface area contributed by atoms with Gasteiger partial charge in [-0.1, -0.05) is 42.5 Å². The van der Waals surface area contributed by atoms with Gasteiger partial charge < -0.3 is 5.11 Å². The van der Waals surface area contributed by atoms with Crippen LogP contribution in [0.2, 0.25) is 0 Å². The molecule has 0 amide bonds. The van der Waals surface area contributed by atoms with Crippen LogP contribution in [0.25, 0.3) is 0 Å². The molecule has 2 aromatic rings. The number of aliphatic hydroxyl groups excluding tert-OH is 1. The van der Waals surface area contributed by atoms with Gasteiger partial charge in [0.05, 0.1) is 6.61 Å². The number of aliphatic hydroxyl groups is 1. The highest BCUT2D eigenvalue weighted by molar-refractivity contribution is 7.99. The van der Waals surface area contributed by atoms with Crippen molar-refractivity contribution in [3.63, 3.8) is 0 Å². The van der Waals surface area contributed by atoms with Gasteiger partial charge >= 0.3 is 0 Å². The first-order valence-electron chi connectivity index (χ1n) is 6.25. The van der Waals surface area contributed by atoms with E-state index < -0.39 is 0 Å². The zero-order valence-corrected chi connectivity index (χ0v) is 11.2. The molecule has 1 N–H and O–H groups in total. The fourth-order valence-corrected chi connectivity index (χ4v) is 2.78. The van der Waals surface area contributed by atoms with E-state index in [9.17, 15) is 0 Å². The van der Waals surface area contributed by atoms with Crippen molar-refractivity contribution < 1.29 is 5.11 Å². The molecule has 1 nitrogen and oxygen atoms in total. The van der Waals surface area contributed by atoms with E-state index in [1.165, 1.54) is 16.9 Å². The fourth-order valence-electron chi connectivity index (χ4n) is 1.84. The Bertz CT molecular complexity index is 468. The lowest BCUT2D eigenvalue weighted by Crippen LogP contribution is -1.88. The molecule has 94 valence electrons. The van der Waals surface area contributed by atoms with Gasteiger partial charge in [-0.25, -0.2) is 0 Å². The summed E-state index contributed by atoms with van der Waals surface area (Å²) < 4.78 is 0. The molecular weight excluding hydrogens is 240 g/mol. The van der Waals surface area contributed by atoms with Crippen molar-refractivity contribution in [2.24, 2.45) is 0 Å². The van der Waals surface area contributed by atoms with E-state index in [0.29, 0.717) is 0 Å².